The number of nitrogens with one attached hydrogen (secondary N) is 1. The van der Waals surface area contributed by atoms with Crippen LogP contribution < -0.4 is 10.1 Å². The van der Waals surface area contributed by atoms with E-state index in [1.54, 1.807) is 7.11 Å². The van der Waals surface area contributed by atoms with Crippen LogP contribution in [0.4, 0.5) is 0 Å². The highest BCUT2D eigenvalue weighted by molar-refractivity contribution is 5.84. The highest BCUT2D eigenvalue weighted by Crippen LogP contribution is 2.21. The summed E-state index contributed by atoms with van der Waals surface area (Å²) in [6, 6.07) is 7.59. The molecule has 1 amide bonds. The molecule has 0 aliphatic carbocycles. The molecule has 0 saturated heterocycles. The van der Waals surface area contributed by atoms with Crippen LogP contribution in [0.5, 0.6) is 5.75 Å². The number of carboxylic acids is 1. The average molecular weight is 346 g/mol. The molecule has 8 nitrogen and oxygen atoms in total. The fraction of sp³-hybridized carbons (Fsp3) is 0.412. The molecule has 1 heterocycles. The Hall–Kier alpha value is -2.90. The van der Waals surface area contributed by atoms with Gasteiger partial charge in [-0.1, -0.05) is 37.3 Å². The molecule has 0 fully saturated rings. The van der Waals surface area contributed by atoms with Crippen LogP contribution in [-0.4, -0.2) is 45.1 Å². The number of methoxy groups -OCH3 is 1. The molecule has 1 aromatic heterocycles. The van der Waals surface area contributed by atoms with E-state index in [9.17, 15) is 9.59 Å². The number of hydrogen-bond donors (Lipinski definition) is 2. The van der Waals surface area contributed by atoms with E-state index in [4.69, 9.17) is 9.84 Å². The SMILES string of the molecule is COc1ccccc1CC(NC(=O)Cn1cc(C(=O)O)nn1)C(C)C. The molecule has 25 heavy (non-hydrogen) atoms. The van der Waals surface area contributed by atoms with Crippen LogP contribution in [0.3, 0.4) is 0 Å². The van der Waals surface area contributed by atoms with Gasteiger partial charge in [-0.3, -0.25) is 4.79 Å². The van der Waals surface area contributed by atoms with Crippen molar-refractivity contribution in [3.8, 4) is 5.75 Å². The molecule has 0 spiro atoms. The number of nitrogens with zero attached hydrogens (tertiary/aromatic N) is 3. The molecular weight excluding hydrogens is 324 g/mol. The van der Waals surface area contributed by atoms with Gasteiger partial charge in [0.2, 0.25) is 5.91 Å². The van der Waals surface area contributed by atoms with Gasteiger partial charge in [-0.15, -0.1) is 5.10 Å². The van der Waals surface area contributed by atoms with Gasteiger partial charge in [-0.2, -0.15) is 0 Å². The lowest BCUT2D eigenvalue weighted by Crippen LogP contribution is -2.41. The standard InChI is InChI=1S/C17H22N4O4/c1-11(2)13(8-12-6-4-5-7-15(12)25-3)18-16(22)10-21-9-14(17(23)24)19-20-21/h4-7,9,11,13H,8,10H2,1-3H3,(H,18,22)(H,23,24). The van der Waals surface area contributed by atoms with E-state index in [2.05, 4.69) is 15.6 Å². The van der Waals surface area contributed by atoms with Gasteiger partial charge in [0.25, 0.3) is 0 Å². The number of benzene rings is 1. The van der Waals surface area contributed by atoms with Crippen molar-refractivity contribution in [1.82, 2.24) is 20.3 Å². The van der Waals surface area contributed by atoms with Crippen LogP contribution >= 0.6 is 0 Å². The van der Waals surface area contributed by atoms with Crippen molar-refractivity contribution < 1.29 is 19.4 Å². The zero-order valence-electron chi connectivity index (χ0n) is 14.5. The van der Waals surface area contributed by atoms with E-state index in [1.165, 1.54) is 10.9 Å². The summed E-state index contributed by atoms with van der Waals surface area (Å²) in [5, 5.41) is 18.9. The summed E-state index contributed by atoms with van der Waals surface area (Å²) in [6.07, 6.45) is 1.86. The Morgan fingerprint density at radius 2 is 2.04 bits per heavy atom. The van der Waals surface area contributed by atoms with Crippen molar-refractivity contribution in [2.45, 2.75) is 32.9 Å². The Kier molecular flexibility index (Phi) is 6.10. The van der Waals surface area contributed by atoms with E-state index in [1.807, 2.05) is 38.1 Å². The second-order valence-corrected chi connectivity index (χ2v) is 6.04. The molecule has 8 heteroatoms. The summed E-state index contributed by atoms with van der Waals surface area (Å²) in [5.74, 6) is -0.442. The number of rotatable bonds is 8. The third kappa shape index (κ3) is 5.03. The maximum Gasteiger partial charge on any atom is 0.358 e. The normalized spacial score (nSPS) is 12.0. The second-order valence-electron chi connectivity index (χ2n) is 6.04. The molecule has 0 saturated carbocycles. The molecule has 0 radical (unpaired) electrons. The van der Waals surface area contributed by atoms with Gasteiger partial charge >= 0.3 is 5.97 Å². The van der Waals surface area contributed by atoms with E-state index in [0.717, 1.165) is 11.3 Å². The minimum atomic E-state index is -1.18. The summed E-state index contributed by atoms with van der Waals surface area (Å²) in [5.41, 5.74) is 0.820. The molecule has 2 aromatic rings. The zero-order valence-corrected chi connectivity index (χ0v) is 14.5. The summed E-state index contributed by atoms with van der Waals surface area (Å²) in [4.78, 5) is 23.1. The van der Waals surface area contributed by atoms with Crippen LogP contribution in [0, 0.1) is 5.92 Å². The predicted octanol–water partition coefficient (Wildman–Crippen LogP) is 1.37. The van der Waals surface area contributed by atoms with Gasteiger partial charge in [0, 0.05) is 6.04 Å². The first-order chi connectivity index (χ1) is 11.9. The summed E-state index contributed by atoms with van der Waals surface area (Å²) in [7, 11) is 1.62. The Bertz CT molecular complexity index is 742. The van der Waals surface area contributed by atoms with E-state index < -0.39 is 5.97 Å². The van der Waals surface area contributed by atoms with Crippen molar-refractivity contribution >= 4 is 11.9 Å². The molecule has 2 rings (SSSR count). The Morgan fingerprint density at radius 3 is 2.64 bits per heavy atom. The largest absolute Gasteiger partial charge is 0.496 e. The lowest BCUT2D eigenvalue weighted by Gasteiger charge is -2.23. The lowest BCUT2D eigenvalue weighted by molar-refractivity contribution is -0.122. The minimum Gasteiger partial charge on any atom is -0.496 e. The summed E-state index contributed by atoms with van der Waals surface area (Å²) >= 11 is 0. The average Bonchev–Trinajstić information content (AvgIpc) is 3.03. The Morgan fingerprint density at radius 1 is 1.32 bits per heavy atom. The predicted molar refractivity (Wildman–Crippen MR) is 90.4 cm³/mol. The monoisotopic (exact) mass is 346 g/mol. The number of ether oxygens (including phenoxy) is 1. The number of para-hydroxylation sites is 1. The molecule has 134 valence electrons. The molecule has 1 aromatic carbocycles. The van der Waals surface area contributed by atoms with Gasteiger partial charge in [0.15, 0.2) is 5.69 Å². The van der Waals surface area contributed by atoms with Crippen LogP contribution in [0.25, 0.3) is 0 Å². The first kappa shape index (κ1) is 18.4. The van der Waals surface area contributed by atoms with Gasteiger partial charge in [-0.25, -0.2) is 9.48 Å². The van der Waals surface area contributed by atoms with Gasteiger partial charge in [0.05, 0.1) is 13.3 Å². The number of amides is 1. The highest BCUT2D eigenvalue weighted by Gasteiger charge is 2.19. The number of aromatic nitrogens is 3. The first-order valence-electron chi connectivity index (χ1n) is 7.95. The molecular formula is C17H22N4O4. The maximum atomic E-state index is 12.3. The topological polar surface area (TPSA) is 106 Å². The van der Waals surface area contributed by atoms with Crippen LogP contribution in [0.15, 0.2) is 30.5 Å². The highest BCUT2D eigenvalue weighted by atomic mass is 16.5. The van der Waals surface area contributed by atoms with E-state index in [0.29, 0.717) is 6.42 Å². The zero-order chi connectivity index (χ0) is 18.4. The smallest absolute Gasteiger partial charge is 0.358 e. The molecule has 0 aliphatic rings. The quantitative estimate of drug-likeness (QED) is 0.748. The van der Waals surface area contributed by atoms with Crippen LogP contribution in [-0.2, 0) is 17.8 Å². The number of carboxylic acid groups (broad SMARTS) is 1. The summed E-state index contributed by atoms with van der Waals surface area (Å²) < 4.78 is 6.57. The summed E-state index contributed by atoms with van der Waals surface area (Å²) in [6.45, 7) is 3.96. The molecule has 1 atom stereocenters. The van der Waals surface area contributed by atoms with Crippen LogP contribution in [0.1, 0.15) is 29.9 Å². The van der Waals surface area contributed by atoms with E-state index in [-0.39, 0.29) is 30.1 Å². The third-order valence-electron chi connectivity index (χ3n) is 3.85. The lowest BCUT2D eigenvalue weighted by atomic mass is 9.96. The van der Waals surface area contributed by atoms with Crippen molar-refractivity contribution in [2.24, 2.45) is 5.92 Å². The van der Waals surface area contributed by atoms with Crippen molar-refractivity contribution in [1.29, 1.82) is 0 Å². The Labute approximate surface area is 145 Å². The fourth-order valence-corrected chi connectivity index (χ4v) is 2.44. The number of carbonyl (C=O) groups is 2. The number of hydrogen-bond acceptors (Lipinski definition) is 5. The molecule has 2 N–H and O–H groups in total. The van der Waals surface area contributed by atoms with Crippen molar-refractivity contribution in [3.05, 3.63) is 41.7 Å². The number of aromatic carboxylic acids is 1. The molecule has 0 bridgehead atoms. The Balaban J connectivity index is 2.02. The van der Waals surface area contributed by atoms with Gasteiger partial charge < -0.3 is 15.2 Å². The van der Waals surface area contributed by atoms with Crippen LogP contribution in [0.2, 0.25) is 0 Å². The van der Waals surface area contributed by atoms with Gasteiger partial charge in [0.1, 0.15) is 12.3 Å². The molecule has 1 unspecified atom stereocenters. The maximum absolute atomic E-state index is 12.3. The van der Waals surface area contributed by atoms with Crippen molar-refractivity contribution in [2.75, 3.05) is 7.11 Å². The number of carbonyl (C=O) groups excluding carboxylic acids is 1. The third-order valence-corrected chi connectivity index (χ3v) is 3.85. The first-order valence-corrected chi connectivity index (χ1v) is 7.95. The fourth-order valence-electron chi connectivity index (χ4n) is 2.44. The minimum absolute atomic E-state index is 0.0879. The molecule has 0 aliphatic heterocycles. The van der Waals surface area contributed by atoms with E-state index >= 15 is 0 Å². The van der Waals surface area contributed by atoms with Crippen molar-refractivity contribution in [3.63, 3.8) is 0 Å². The second kappa shape index (κ2) is 8.27. The van der Waals surface area contributed by atoms with Gasteiger partial charge in [-0.05, 0) is 24.0 Å².